The number of methoxy groups -OCH3 is 1. The van der Waals surface area contributed by atoms with Gasteiger partial charge in [0.2, 0.25) is 0 Å². The van der Waals surface area contributed by atoms with Crippen molar-refractivity contribution in [2.45, 2.75) is 19.4 Å². The van der Waals surface area contributed by atoms with E-state index in [4.69, 9.17) is 4.74 Å². The van der Waals surface area contributed by atoms with Gasteiger partial charge in [-0.2, -0.15) is 0 Å². The molecule has 0 radical (unpaired) electrons. The van der Waals surface area contributed by atoms with E-state index in [1.807, 2.05) is 6.92 Å². The molecule has 1 atom stereocenters. The van der Waals surface area contributed by atoms with Crippen molar-refractivity contribution in [3.8, 4) is 5.75 Å². The van der Waals surface area contributed by atoms with Crippen LogP contribution in [0.3, 0.4) is 0 Å². The van der Waals surface area contributed by atoms with Gasteiger partial charge in [0.25, 0.3) is 0 Å². The highest BCUT2D eigenvalue weighted by Gasteiger charge is 2.15. The molecule has 1 aromatic carbocycles. The van der Waals surface area contributed by atoms with Gasteiger partial charge in [0.1, 0.15) is 11.6 Å². The van der Waals surface area contributed by atoms with E-state index in [1.165, 1.54) is 19.2 Å². The van der Waals surface area contributed by atoms with Crippen molar-refractivity contribution in [2.24, 2.45) is 0 Å². The summed E-state index contributed by atoms with van der Waals surface area (Å²) in [7, 11) is 1.53. The van der Waals surface area contributed by atoms with Gasteiger partial charge in [-0.15, -0.1) is 0 Å². The van der Waals surface area contributed by atoms with Crippen LogP contribution in [0.4, 0.5) is 4.39 Å². The summed E-state index contributed by atoms with van der Waals surface area (Å²) in [5.74, 6) is 0.235. The molecule has 19 heavy (non-hydrogen) atoms. The zero-order valence-electron chi connectivity index (χ0n) is 10.9. The van der Waals surface area contributed by atoms with Crippen LogP contribution < -0.4 is 4.74 Å². The number of hydrogen-bond acceptors (Lipinski definition) is 3. The minimum atomic E-state index is -0.751. The van der Waals surface area contributed by atoms with E-state index < -0.39 is 6.10 Å². The highest BCUT2D eigenvalue weighted by molar-refractivity contribution is 5.34. The Labute approximate surface area is 111 Å². The number of halogens is 1. The van der Waals surface area contributed by atoms with E-state index in [2.05, 4.69) is 4.98 Å². The lowest BCUT2D eigenvalue weighted by Crippen LogP contribution is -2.06. The molecule has 1 heterocycles. The van der Waals surface area contributed by atoms with E-state index in [0.717, 1.165) is 11.1 Å². The molecule has 1 aromatic heterocycles. The molecular formula is C15H16FNO2. The smallest absolute Gasteiger partial charge is 0.142 e. The number of nitrogens with zero attached hydrogens (tertiary/aromatic N) is 1. The van der Waals surface area contributed by atoms with Crippen LogP contribution in [-0.2, 0) is 6.42 Å². The van der Waals surface area contributed by atoms with Crippen molar-refractivity contribution in [1.29, 1.82) is 0 Å². The van der Waals surface area contributed by atoms with Crippen LogP contribution in [0.2, 0.25) is 0 Å². The lowest BCUT2D eigenvalue weighted by molar-refractivity contribution is 0.173. The van der Waals surface area contributed by atoms with Crippen LogP contribution >= 0.6 is 0 Å². The van der Waals surface area contributed by atoms with Gasteiger partial charge in [-0.25, -0.2) is 4.39 Å². The molecule has 0 aliphatic heterocycles. The minimum Gasteiger partial charge on any atom is -0.495 e. The van der Waals surface area contributed by atoms with Gasteiger partial charge in [-0.05, 0) is 36.2 Å². The summed E-state index contributed by atoms with van der Waals surface area (Å²) < 4.78 is 18.4. The van der Waals surface area contributed by atoms with Gasteiger partial charge in [0.05, 0.1) is 19.4 Å². The quantitative estimate of drug-likeness (QED) is 0.920. The maximum atomic E-state index is 13.2. The highest BCUT2D eigenvalue weighted by Crippen LogP contribution is 2.27. The summed E-state index contributed by atoms with van der Waals surface area (Å²) in [6, 6.07) is 6.28. The second-order valence-corrected chi connectivity index (χ2v) is 4.41. The Balaban J connectivity index is 2.25. The summed E-state index contributed by atoms with van der Waals surface area (Å²) in [6.07, 6.45) is 2.74. The van der Waals surface area contributed by atoms with E-state index in [9.17, 15) is 9.50 Å². The zero-order valence-corrected chi connectivity index (χ0v) is 10.9. The molecule has 2 aromatic rings. The molecule has 0 aliphatic rings. The van der Waals surface area contributed by atoms with Crippen LogP contribution in [0.15, 0.2) is 36.7 Å². The first-order valence-electron chi connectivity index (χ1n) is 6.03. The van der Waals surface area contributed by atoms with Gasteiger partial charge in [-0.3, -0.25) is 4.98 Å². The van der Waals surface area contributed by atoms with Crippen LogP contribution in [-0.4, -0.2) is 17.2 Å². The lowest BCUT2D eigenvalue weighted by Gasteiger charge is -2.15. The van der Waals surface area contributed by atoms with Gasteiger partial charge in [-0.1, -0.05) is 6.07 Å². The van der Waals surface area contributed by atoms with Gasteiger partial charge in [0.15, 0.2) is 0 Å². The predicted molar refractivity (Wildman–Crippen MR) is 70.6 cm³/mol. The Morgan fingerprint density at radius 3 is 2.89 bits per heavy atom. The number of pyridine rings is 1. The lowest BCUT2D eigenvalue weighted by atomic mass is 9.98. The standard InChI is InChI=1S/C15H16FNO2/c1-10-3-4-12(16)7-11(10)8-14(18)13-5-6-17-9-15(13)19-2/h3-7,9,14,18H,8H2,1-2H3. The second-order valence-electron chi connectivity index (χ2n) is 4.41. The average molecular weight is 261 g/mol. The van der Waals surface area contributed by atoms with Gasteiger partial charge >= 0.3 is 0 Å². The zero-order chi connectivity index (χ0) is 13.8. The fourth-order valence-corrected chi connectivity index (χ4v) is 2.01. The molecule has 0 fully saturated rings. The largest absolute Gasteiger partial charge is 0.495 e. The number of benzene rings is 1. The van der Waals surface area contributed by atoms with Crippen molar-refractivity contribution in [2.75, 3.05) is 7.11 Å². The van der Waals surface area contributed by atoms with E-state index in [-0.39, 0.29) is 5.82 Å². The summed E-state index contributed by atoms with van der Waals surface area (Å²) in [6.45, 7) is 1.89. The molecule has 100 valence electrons. The summed E-state index contributed by atoms with van der Waals surface area (Å²) in [5.41, 5.74) is 2.39. The summed E-state index contributed by atoms with van der Waals surface area (Å²) >= 11 is 0. The molecule has 1 N–H and O–H groups in total. The van der Waals surface area contributed by atoms with Gasteiger partial charge in [0, 0.05) is 18.2 Å². The highest BCUT2D eigenvalue weighted by atomic mass is 19.1. The third kappa shape index (κ3) is 3.09. The second kappa shape index (κ2) is 5.80. The Bertz CT molecular complexity index is 572. The van der Waals surface area contributed by atoms with Crippen LogP contribution in [0.25, 0.3) is 0 Å². The maximum absolute atomic E-state index is 13.2. The fourth-order valence-electron chi connectivity index (χ4n) is 2.01. The topological polar surface area (TPSA) is 42.4 Å². The molecule has 3 nitrogen and oxygen atoms in total. The predicted octanol–water partition coefficient (Wildman–Crippen LogP) is 2.81. The number of aliphatic hydroxyl groups is 1. The van der Waals surface area contributed by atoms with Crippen LogP contribution in [0, 0.1) is 12.7 Å². The number of rotatable bonds is 4. The monoisotopic (exact) mass is 261 g/mol. The van der Waals surface area contributed by atoms with Crippen LogP contribution in [0.5, 0.6) is 5.75 Å². The molecule has 0 spiro atoms. The first-order valence-corrected chi connectivity index (χ1v) is 6.03. The maximum Gasteiger partial charge on any atom is 0.142 e. The van der Waals surface area contributed by atoms with Crippen molar-refractivity contribution >= 4 is 0 Å². The third-order valence-electron chi connectivity index (χ3n) is 3.12. The number of hydrogen-bond donors (Lipinski definition) is 1. The number of aryl methyl sites for hydroxylation is 1. The normalized spacial score (nSPS) is 12.2. The molecule has 0 aliphatic carbocycles. The first-order chi connectivity index (χ1) is 9.11. The third-order valence-corrected chi connectivity index (χ3v) is 3.12. The minimum absolute atomic E-state index is 0.297. The van der Waals surface area contributed by atoms with Crippen molar-refractivity contribution < 1.29 is 14.2 Å². The van der Waals surface area contributed by atoms with Crippen molar-refractivity contribution in [3.05, 3.63) is 59.2 Å². The molecular weight excluding hydrogens is 245 g/mol. The summed E-state index contributed by atoms with van der Waals surface area (Å²) in [4.78, 5) is 3.94. The van der Waals surface area contributed by atoms with Crippen molar-refractivity contribution in [1.82, 2.24) is 4.98 Å². The Morgan fingerprint density at radius 2 is 2.16 bits per heavy atom. The van der Waals surface area contributed by atoms with Crippen molar-refractivity contribution in [3.63, 3.8) is 0 Å². The van der Waals surface area contributed by atoms with Gasteiger partial charge < -0.3 is 9.84 Å². The molecule has 1 unspecified atom stereocenters. The average Bonchev–Trinajstić information content (AvgIpc) is 2.42. The molecule has 0 bridgehead atoms. The first kappa shape index (κ1) is 13.5. The Morgan fingerprint density at radius 1 is 1.37 bits per heavy atom. The molecule has 0 saturated carbocycles. The molecule has 4 heteroatoms. The van der Waals surface area contributed by atoms with E-state index in [0.29, 0.717) is 17.7 Å². The molecule has 2 rings (SSSR count). The Kier molecular flexibility index (Phi) is 4.12. The molecule has 0 saturated heterocycles. The van der Waals surface area contributed by atoms with E-state index >= 15 is 0 Å². The number of aromatic nitrogens is 1. The number of aliphatic hydroxyl groups excluding tert-OH is 1. The SMILES string of the molecule is COc1cnccc1C(O)Cc1cc(F)ccc1C. The fraction of sp³-hybridized carbons (Fsp3) is 0.267. The number of ether oxygens (including phenoxy) is 1. The molecule has 0 amide bonds. The Hall–Kier alpha value is -1.94. The summed E-state index contributed by atoms with van der Waals surface area (Å²) in [5, 5.41) is 10.3. The van der Waals surface area contributed by atoms with E-state index in [1.54, 1.807) is 24.5 Å². The van der Waals surface area contributed by atoms with Crippen LogP contribution in [0.1, 0.15) is 22.8 Å².